The summed E-state index contributed by atoms with van der Waals surface area (Å²) in [6, 6.07) is 6.49. The largest absolute Gasteiger partial charge is 0.426 e. The van der Waals surface area contributed by atoms with Crippen molar-refractivity contribution in [3.63, 3.8) is 0 Å². The summed E-state index contributed by atoms with van der Waals surface area (Å²) in [7, 11) is -3.13. The average molecular weight is 287 g/mol. The van der Waals surface area contributed by atoms with Crippen LogP contribution in [0.5, 0.6) is 5.75 Å². The molecule has 1 aromatic carbocycles. The van der Waals surface area contributed by atoms with Crippen molar-refractivity contribution in [2.24, 2.45) is 5.92 Å². The van der Waals surface area contributed by atoms with E-state index < -0.39 is 15.8 Å². The number of sulfone groups is 1. The van der Waals surface area contributed by atoms with E-state index in [0.29, 0.717) is 10.8 Å². The van der Waals surface area contributed by atoms with Crippen molar-refractivity contribution in [2.75, 3.05) is 5.75 Å². The standard InChI is InChI=1S/C12H11ClO4S/c13-10-2-1-3-11(7-10)17-12(14)6-9-4-5-18(15,16)8-9/h1-5,7,9H,6,8H2. The van der Waals surface area contributed by atoms with Gasteiger partial charge in [-0.05, 0) is 18.2 Å². The average Bonchev–Trinajstić information content (AvgIpc) is 2.57. The van der Waals surface area contributed by atoms with Crippen LogP contribution in [0, 0.1) is 5.92 Å². The summed E-state index contributed by atoms with van der Waals surface area (Å²) in [4.78, 5) is 11.6. The van der Waals surface area contributed by atoms with Crippen LogP contribution in [-0.2, 0) is 14.6 Å². The van der Waals surface area contributed by atoms with Gasteiger partial charge in [0.05, 0.1) is 12.2 Å². The third-order valence-corrected chi connectivity index (χ3v) is 4.16. The van der Waals surface area contributed by atoms with Gasteiger partial charge in [0.2, 0.25) is 0 Å². The van der Waals surface area contributed by atoms with Crippen LogP contribution in [0.15, 0.2) is 35.7 Å². The number of halogens is 1. The molecule has 0 aromatic heterocycles. The summed E-state index contributed by atoms with van der Waals surface area (Å²) in [5.74, 6) is -0.444. The van der Waals surface area contributed by atoms with E-state index in [-0.39, 0.29) is 18.1 Å². The predicted molar refractivity (Wildman–Crippen MR) is 68.1 cm³/mol. The van der Waals surface area contributed by atoms with Gasteiger partial charge in [0.15, 0.2) is 9.84 Å². The Labute approximate surface area is 110 Å². The molecule has 0 aliphatic carbocycles. The molecule has 18 heavy (non-hydrogen) atoms. The van der Waals surface area contributed by atoms with Gasteiger partial charge in [-0.3, -0.25) is 4.79 Å². The van der Waals surface area contributed by atoms with Gasteiger partial charge < -0.3 is 4.74 Å². The van der Waals surface area contributed by atoms with Gasteiger partial charge in [-0.25, -0.2) is 8.42 Å². The lowest BCUT2D eigenvalue weighted by atomic mass is 10.1. The van der Waals surface area contributed by atoms with Gasteiger partial charge in [0.1, 0.15) is 5.75 Å². The molecular formula is C12H11ClO4S. The van der Waals surface area contributed by atoms with Crippen LogP contribution in [0.2, 0.25) is 5.02 Å². The molecule has 0 spiro atoms. The molecular weight excluding hydrogens is 276 g/mol. The summed E-state index contributed by atoms with van der Waals surface area (Å²) in [5, 5.41) is 1.62. The molecule has 1 aliphatic rings. The molecule has 1 atom stereocenters. The van der Waals surface area contributed by atoms with Crippen molar-refractivity contribution in [1.29, 1.82) is 0 Å². The monoisotopic (exact) mass is 286 g/mol. The third-order valence-electron chi connectivity index (χ3n) is 2.46. The lowest BCUT2D eigenvalue weighted by Gasteiger charge is -2.07. The molecule has 0 N–H and O–H groups in total. The van der Waals surface area contributed by atoms with Gasteiger partial charge in [-0.15, -0.1) is 0 Å². The number of esters is 1. The second-order valence-electron chi connectivity index (χ2n) is 4.05. The molecule has 0 amide bonds. The molecule has 1 heterocycles. The lowest BCUT2D eigenvalue weighted by molar-refractivity contribution is -0.134. The Hall–Kier alpha value is -1.33. The first-order chi connectivity index (χ1) is 8.44. The van der Waals surface area contributed by atoms with Gasteiger partial charge >= 0.3 is 5.97 Å². The first-order valence-electron chi connectivity index (χ1n) is 5.32. The van der Waals surface area contributed by atoms with Crippen LogP contribution in [0.1, 0.15) is 6.42 Å². The van der Waals surface area contributed by atoms with E-state index >= 15 is 0 Å². The number of carbonyl (C=O) groups excluding carboxylic acids is 1. The van der Waals surface area contributed by atoms with Crippen LogP contribution in [-0.4, -0.2) is 20.1 Å². The number of hydrogen-bond donors (Lipinski definition) is 0. The van der Waals surface area contributed by atoms with E-state index in [9.17, 15) is 13.2 Å². The highest BCUT2D eigenvalue weighted by molar-refractivity contribution is 7.94. The fourth-order valence-electron chi connectivity index (χ4n) is 1.68. The summed E-state index contributed by atoms with van der Waals surface area (Å²) >= 11 is 5.75. The number of rotatable bonds is 3. The van der Waals surface area contributed by atoms with Gasteiger partial charge in [-0.1, -0.05) is 23.7 Å². The summed E-state index contributed by atoms with van der Waals surface area (Å²) in [6.07, 6.45) is 1.57. The molecule has 1 aromatic rings. The van der Waals surface area contributed by atoms with Crippen molar-refractivity contribution in [3.05, 3.63) is 40.8 Å². The minimum Gasteiger partial charge on any atom is -0.426 e. The van der Waals surface area contributed by atoms with Crippen LogP contribution in [0.4, 0.5) is 0 Å². The molecule has 0 bridgehead atoms. The fraction of sp³-hybridized carbons (Fsp3) is 0.250. The van der Waals surface area contributed by atoms with E-state index in [1.807, 2.05) is 0 Å². The second kappa shape index (κ2) is 5.12. The Morgan fingerprint density at radius 2 is 2.22 bits per heavy atom. The smallest absolute Gasteiger partial charge is 0.311 e. The molecule has 0 saturated heterocycles. The van der Waals surface area contributed by atoms with Crippen molar-refractivity contribution in [3.8, 4) is 5.75 Å². The van der Waals surface area contributed by atoms with Gasteiger partial charge in [0, 0.05) is 16.3 Å². The van der Waals surface area contributed by atoms with E-state index in [4.69, 9.17) is 16.3 Å². The van der Waals surface area contributed by atoms with E-state index in [0.717, 1.165) is 5.41 Å². The first kappa shape index (κ1) is 13.1. The molecule has 1 unspecified atom stereocenters. The highest BCUT2D eigenvalue weighted by Crippen LogP contribution is 2.21. The number of benzene rings is 1. The molecule has 1 aliphatic heterocycles. The zero-order valence-corrected chi connectivity index (χ0v) is 10.9. The predicted octanol–water partition coefficient (Wildman–Crippen LogP) is 2.19. The maximum atomic E-state index is 11.6. The first-order valence-corrected chi connectivity index (χ1v) is 7.41. The lowest BCUT2D eigenvalue weighted by Crippen LogP contribution is -2.15. The minimum absolute atomic E-state index is 0.0301. The van der Waals surface area contributed by atoms with E-state index in [1.165, 1.54) is 12.1 Å². The van der Waals surface area contributed by atoms with Crippen molar-refractivity contribution in [1.82, 2.24) is 0 Å². The quantitative estimate of drug-likeness (QED) is 0.631. The van der Waals surface area contributed by atoms with E-state index in [1.54, 1.807) is 18.2 Å². The maximum Gasteiger partial charge on any atom is 0.311 e. The molecule has 4 nitrogen and oxygen atoms in total. The van der Waals surface area contributed by atoms with Crippen molar-refractivity contribution < 1.29 is 17.9 Å². The Balaban J connectivity index is 1.92. The maximum absolute atomic E-state index is 11.6. The Morgan fingerprint density at radius 3 is 2.83 bits per heavy atom. The van der Waals surface area contributed by atoms with Gasteiger partial charge in [-0.2, -0.15) is 0 Å². The number of hydrogen-bond acceptors (Lipinski definition) is 4. The highest BCUT2D eigenvalue weighted by Gasteiger charge is 2.24. The fourth-order valence-corrected chi connectivity index (χ4v) is 3.26. The summed E-state index contributed by atoms with van der Waals surface area (Å²) < 4.78 is 27.4. The number of ether oxygens (including phenoxy) is 1. The van der Waals surface area contributed by atoms with Crippen molar-refractivity contribution >= 4 is 27.4 Å². The van der Waals surface area contributed by atoms with Crippen LogP contribution < -0.4 is 4.74 Å². The van der Waals surface area contributed by atoms with Crippen LogP contribution in [0.3, 0.4) is 0 Å². The Bertz CT molecular complexity index is 592. The second-order valence-corrected chi connectivity index (χ2v) is 6.42. The molecule has 96 valence electrons. The highest BCUT2D eigenvalue weighted by atomic mass is 35.5. The minimum atomic E-state index is -3.13. The zero-order valence-electron chi connectivity index (χ0n) is 9.37. The Kier molecular flexibility index (Phi) is 3.73. The number of carbonyl (C=O) groups is 1. The molecule has 0 saturated carbocycles. The zero-order chi connectivity index (χ0) is 13.2. The summed E-state index contributed by atoms with van der Waals surface area (Å²) in [6.45, 7) is 0. The van der Waals surface area contributed by atoms with Crippen LogP contribution in [0.25, 0.3) is 0 Å². The van der Waals surface area contributed by atoms with Crippen LogP contribution >= 0.6 is 11.6 Å². The molecule has 6 heteroatoms. The number of allylic oxidation sites excluding steroid dienone is 1. The molecule has 0 radical (unpaired) electrons. The van der Waals surface area contributed by atoms with Gasteiger partial charge in [0.25, 0.3) is 0 Å². The normalized spacial score (nSPS) is 20.8. The third kappa shape index (κ3) is 3.58. The molecule has 0 fully saturated rings. The van der Waals surface area contributed by atoms with Crippen molar-refractivity contribution in [2.45, 2.75) is 6.42 Å². The topological polar surface area (TPSA) is 60.4 Å². The molecule has 2 rings (SSSR count). The van der Waals surface area contributed by atoms with E-state index in [2.05, 4.69) is 0 Å². The Morgan fingerprint density at radius 1 is 1.44 bits per heavy atom. The SMILES string of the molecule is O=C(CC1C=CS(=O)(=O)C1)Oc1cccc(Cl)c1. The summed E-state index contributed by atoms with van der Waals surface area (Å²) in [5.41, 5.74) is 0.